The maximum Gasteiger partial charge on any atom is 0.406 e. The molecule has 132 valence electrons. The van der Waals surface area contributed by atoms with E-state index in [9.17, 15) is 9.59 Å². The Balaban J connectivity index is 2.17. The molecule has 0 saturated carbocycles. The van der Waals surface area contributed by atoms with E-state index >= 15 is 0 Å². The van der Waals surface area contributed by atoms with Crippen LogP contribution in [0.15, 0.2) is 30.3 Å². The van der Waals surface area contributed by atoms with Crippen molar-refractivity contribution in [1.82, 2.24) is 0 Å². The van der Waals surface area contributed by atoms with Crippen molar-refractivity contribution in [3.63, 3.8) is 0 Å². The van der Waals surface area contributed by atoms with Gasteiger partial charge in [-0.1, -0.05) is 41.4 Å². The molecule has 1 aromatic heterocycles. The van der Waals surface area contributed by atoms with Gasteiger partial charge in [0.15, 0.2) is 6.10 Å². The van der Waals surface area contributed by atoms with Crippen molar-refractivity contribution in [3.8, 4) is 0 Å². The molecule has 0 unspecified atom stereocenters. The Labute approximate surface area is 159 Å². The number of para-hydroxylation sites is 1. The van der Waals surface area contributed by atoms with Crippen LogP contribution in [0.1, 0.15) is 17.4 Å². The minimum Gasteiger partial charge on any atom is -0.445 e. The molecule has 0 bridgehead atoms. The molecule has 0 fully saturated rings. The van der Waals surface area contributed by atoms with Crippen LogP contribution in [0.25, 0.3) is 0 Å². The number of ether oxygens (including phenoxy) is 1. The Bertz CT molecular complexity index is 815. The summed E-state index contributed by atoms with van der Waals surface area (Å²) in [6.07, 6.45) is -1.06. The van der Waals surface area contributed by atoms with Crippen LogP contribution in [0.5, 0.6) is 0 Å². The molecule has 0 aliphatic heterocycles. The Hall–Kier alpha value is -2.02. The van der Waals surface area contributed by atoms with E-state index in [-0.39, 0.29) is 26.6 Å². The Kier molecular flexibility index (Phi) is 6.11. The summed E-state index contributed by atoms with van der Waals surface area (Å²) in [6, 6.07) is 8.94. The predicted molar refractivity (Wildman–Crippen MR) is 97.2 cm³/mol. The van der Waals surface area contributed by atoms with Crippen LogP contribution < -0.4 is 15.6 Å². The van der Waals surface area contributed by atoms with E-state index in [1.165, 1.54) is 11.8 Å². The molecule has 1 amide bonds. The number of aromatic amines is 1. The Morgan fingerprint density at radius 1 is 1.16 bits per heavy atom. The fraction of sp³-hybridized carbons (Fsp3) is 0.188. The maximum absolute atomic E-state index is 12.4. The van der Waals surface area contributed by atoms with Crippen molar-refractivity contribution >= 4 is 58.1 Å². The third-order valence-electron chi connectivity index (χ3n) is 3.43. The number of nitrogens with one attached hydrogen (secondary N) is 1. The number of nitrogens with zero attached hydrogens (tertiary/aromatic N) is 1. The zero-order valence-corrected chi connectivity index (χ0v) is 15.6. The van der Waals surface area contributed by atoms with Crippen LogP contribution >= 0.6 is 34.8 Å². The van der Waals surface area contributed by atoms with Gasteiger partial charge in [-0.3, -0.25) is 4.79 Å². The number of pyridine rings is 1. The summed E-state index contributed by atoms with van der Waals surface area (Å²) >= 11 is 17.7. The molecule has 2 rings (SSSR count). The molecule has 1 heterocycles. The number of nitrogens with two attached hydrogens (primary N) is 1. The Morgan fingerprint density at radius 2 is 1.76 bits per heavy atom. The minimum absolute atomic E-state index is 0.00356. The maximum atomic E-state index is 12.4. The van der Waals surface area contributed by atoms with Crippen molar-refractivity contribution < 1.29 is 19.3 Å². The molecule has 6 nitrogen and oxygen atoms in total. The van der Waals surface area contributed by atoms with Gasteiger partial charge in [-0.25, -0.2) is 4.79 Å². The fourth-order valence-corrected chi connectivity index (χ4v) is 2.64. The lowest BCUT2D eigenvalue weighted by Gasteiger charge is -2.21. The number of esters is 1. The van der Waals surface area contributed by atoms with Gasteiger partial charge in [-0.2, -0.15) is 4.98 Å². The van der Waals surface area contributed by atoms with Crippen LogP contribution in [0, 0.1) is 0 Å². The van der Waals surface area contributed by atoms with E-state index in [1.807, 2.05) is 6.07 Å². The molecular formula is C16H15Cl3N3O3+. The van der Waals surface area contributed by atoms with Gasteiger partial charge in [-0.15, -0.1) is 0 Å². The van der Waals surface area contributed by atoms with Gasteiger partial charge in [0.1, 0.15) is 10.0 Å². The molecule has 2 aromatic rings. The number of carbonyl (C=O) groups is 2. The normalized spacial score (nSPS) is 11.7. The summed E-state index contributed by atoms with van der Waals surface area (Å²) in [5.74, 6) is -1.29. The van der Waals surface area contributed by atoms with Crippen LogP contribution in [0.2, 0.25) is 15.2 Å². The molecule has 0 aliphatic carbocycles. The van der Waals surface area contributed by atoms with Gasteiger partial charge in [0.05, 0.1) is 5.69 Å². The zero-order chi connectivity index (χ0) is 18.7. The van der Waals surface area contributed by atoms with E-state index in [0.717, 1.165) is 0 Å². The molecule has 1 aromatic carbocycles. The van der Waals surface area contributed by atoms with Crippen molar-refractivity contribution in [2.24, 2.45) is 0 Å². The highest BCUT2D eigenvalue weighted by molar-refractivity contribution is 6.45. The summed E-state index contributed by atoms with van der Waals surface area (Å²) < 4.78 is 5.17. The number of H-pyrrole nitrogens is 1. The average Bonchev–Trinajstić information content (AvgIpc) is 2.62. The van der Waals surface area contributed by atoms with E-state index in [2.05, 4.69) is 4.98 Å². The number of amides is 1. The van der Waals surface area contributed by atoms with Crippen molar-refractivity contribution in [2.75, 3.05) is 17.7 Å². The average molecular weight is 404 g/mol. The molecule has 0 radical (unpaired) electrons. The first-order valence-corrected chi connectivity index (χ1v) is 8.26. The molecule has 1 atom stereocenters. The van der Waals surface area contributed by atoms with E-state index < -0.39 is 18.0 Å². The highest BCUT2D eigenvalue weighted by Gasteiger charge is 2.31. The molecule has 25 heavy (non-hydrogen) atoms. The van der Waals surface area contributed by atoms with Crippen LogP contribution in [-0.4, -0.2) is 25.0 Å². The number of likely N-dealkylation sites (N-methyl/N-ethyl adjacent to an activating group) is 1. The van der Waals surface area contributed by atoms with Crippen molar-refractivity contribution in [3.05, 3.63) is 51.2 Å². The van der Waals surface area contributed by atoms with Crippen molar-refractivity contribution in [2.45, 2.75) is 13.0 Å². The second-order valence-electron chi connectivity index (χ2n) is 5.14. The molecule has 0 saturated heterocycles. The van der Waals surface area contributed by atoms with Gasteiger partial charge in [0.2, 0.25) is 0 Å². The first kappa shape index (κ1) is 19.3. The van der Waals surface area contributed by atoms with Crippen LogP contribution in [0.4, 0.5) is 11.4 Å². The number of hydrogen-bond donors (Lipinski definition) is 1. The number of anilines is 2. The highest BCUT2D eigenvalue weighted by atomic mass is 35.5. The third kappa shape index (κ3) is 4.15. The summed E-state index contributed by atoms with van der Waals surface area (Å²) in [6.45, 7) is 1.45. The summed E-state index contributed by atoms with van der Waals surface area (Å²) in [4.78, 5) is 28.6. The molecule has 0 aliphatic rings. The first-order chi connectivity index (χ1) is 11.7. The number of halogens is 3. The summed E-state index contributed by atoms with van der Waals surface area (Å²) in [7, 11) is 1.58. The number of carbonyl (C=O) groups excluding carboxylic acids is 2. The summed E-state index contributed by atoms with van der Waals surface area (Å²) in [5.41, 5.74) is 6.11. The van der Waals surface area contributed by atoms with E-state index in [0.29, 0.717) is 5.69 Å². The largest absolute Gasteiger partial charge is 0.445 e. The van der Waals surface area contributed by atoms with Gasteiger partial charge < -0.3 is 15.4 Å². The van der Waals surface area contributed by atoms with E-state index in [1.54, 1.807) is 31.3 Å². The van der Waals surface area contributed by atoms with Gasteiger partial charge >= 0.3 is 11.7 Å². The summed E-state index contributed by atoms with van der Waals surface area (Å²) in [5, 5.41) is -0.192. The van der Waals surface area contributed by atoms with Gasteiger partial charge in [0.25, 0.3) is 11.1 Å². The molecule has 9 heteroatoms. The first-order valence-electron chi connectivity index (χ1n) is 7.12. The third-order valence-corrected chi connectivity index (χ3v) is 4.60. The molecule has 0 spiro atoms. The monoisotopic (exact) mass is 402 g/mol. The number of hydrogen-bond acceptors (Lipinski definition) is 4. The number of rotatable bonds is 4. The lowest BCUT2D eigenvalue weighted by atomic mass is 10.2. The Morgan fingerprint density at radius 3 is 2.36 bits per heavy atom. The second-order valence-corrected chi connectivity index (χ2v) is 6.27. The van der Waals surface area contributed by atoms with Gasteiger partial charge in [-0.05, 0) is 30.7 Å². The zero-order valence-electron chi connectivity index (χ0n) is 13.3. The van der Waals surface area contributed by atoms with Crippen LogP contribution in [-0.2, 0) is 9.53 Å². The molecule has 3 N–H and O–H groups in total. The van der Waals surface area contributed by atoms with Gasteiger partial charge in [0, 0.05) is 12.7 Å². The number of aromatic nitrogens is 1. The number of benzene rings is 1. The van der Waals surface area contributed by atoms with E-state index in [4.69, 9.17) is 45.3 Å². The minimum atomic E-state index is -1.06. The number of nitrogen functional groups attached to an aromatic ring is 1. The lowest BCUT2D eigenvalue weighted by Crippen LogP contribution is -2.38. The fourth-order valence-electron chi connectivity index (χ4n) is 2.03. The topological polar surface area (TPSA) is 86.8 Å². The quantitative estimate of drug-likeness (QED) is 0.627. The second kappa shape index (κ2) is 7.91. The van der Waals surface area contributed by atoms with Crippen molar-refractivity contribution in [1.29, 1.82) is 0 Å². The lowest BCUT2D eigenvalue weighted by molar-refractivity contribution is -0.380. The molecular weight excluding hydrogens is 389 g/mol. The standard InChI is InChI=1S/C16H14Cl3N3O3/c1-8(15(23)22(2)9-6-4-3-5-7-9)25-16(24)13-10(17)12(20)11(18)14(19)21-13/h3-8H,1-2H3,(H2,20,21)/p+1/t8-/m1/s1. The predicted octanol–water partition coefficient (Wildman–Crippen LogP) is 3.25. The smallest absolute Gasteiger partial charge is 0.406 e. The SMILES string of the molecule is C[C@@H](OC(=O)c1[nH+]c(Cl)c(Cl)c(N)c1Cl)C(=O)N(C)c1ccccc1. The van der Waals surface area contributed by atoms with Crippen LogP contribution in [0.3, 0.4) is 0 Å². The highest BCUT2D eigenvalue weighted by Crippen LogP contribution is 2.32.